The third-order valence-electron chi connectivity index (χ3n) is 2.59. The van der Waals surface area contributed by atoms with Crippen LogP contribution in [0.3, 0.4) is 0 Å². The lowest BCUT2D eigenvalue weighted by molar-refractivity contribution is 0.439. The molecule has 0 aromatic heterocycles. The highest BCUT2D eigenvalue weighted by atomic mass is 35.5. The Morgan fingerprint density at radius 2 is 2.07 bits per heavy atom. The van der Waals surface area contributed by atoms with Crippen LogP contribution in [0.1, 0.15) is 31.9 Å². The highest BCUT2D eigenvalue weighted by Gasteiger charge is 2.19. The van der Waals surface area contributed by atoms with E-state index in [-0.39, 0.29) is 30.2 Å². The van der Waals surface area contributed by atoms with Crippen molar-refractivity contribution in [1.82, 2.24) is 0 Å². The number of halogens is 3. The van der Waals surface area contributed by atoms with E-state index < -0.39 is 0 Å². The summed E-state index contributed by atoms with van der Waals surface area (Å²) in [5, 5.41) is 0.415. The van der Waals surface area contributed by atoms with Crippen molar-refractivity contribution in [2.24, 2.45) is 11.7 Å². The zero-order valence-corrected chi connectivity index (χ0v) is 10.4. The molecule has 0 amide bonds. The van der Waals surface area contributed by atoms with Crippen LogP contribution in [0.5, 0.6) is 0 Å². The van der Waals surface area contributed by atoms with Gasteiger partial charge in [-0.15, -0.1) is 12.4 Å². The Bertz CT molecular complexity index is 297. The van der Waals surface area contributed by atoms with Gasteiger partial charge in [0.1, 0.15) is 5.82 Å². The summed E-state index contributed by atoms with van der Waals surface area (Å²) in [4.78, 5) is 0. The number of hydrogen-bond donors (Lipinski definition) is 1. The third-order valence-corrected chi connectivity index (χ3v) is 2.92. The van der Waals surface area contributed by atoms with E-state index in [1.54, 1.807) is 12.1 Å². The Balaban J connectivity index is 0.00000196. The second-order valence-corrected chi connectivity index (χ2v) is 3.95. The maximum atomic E-state index is 13.4. The smallest absolute Gasteiger partial charge is 0.129 e. The molecule has 0 aliphatic carbocycles. The lowest BCUT2D eigenvalue weighted by Gasteiger charge is -2.20. The van der Waals surface area contributed by atoms with Crippen LogP contribution in [0, 0.1) is 11.7 Å². The number of rotatable bonds is 3. The molecular weight excluding hydrogens is 236 g/mol. The molecule has 0 aliphatic rings. The van der Waals surface area contributed by atoms with Gasteiger partial charge in [0.05, 0.1) is 0 Å². The quantitative estimate of drug-likeness (QED) is 0.866. The zero-order chi connectivity index (χ0) is 10.7. The minimum atomic E-state index is -0.325. The first-order valence-electron chi connectivity index (χ1n) is 4.77. The van der Waals surface area contributed by atoms with Gasteiger partial charge in [0.15, 0.2) is 0 Å². The number of nitrogens with two attached hydrogens (primary N) is 1. The van der Waals surface area contributed by atoms with Crippen LogP contribution in [0.4, 0.5) is 4.39 Å². The Morgan fingerprint density at radius 1 is 1.47 bits per heavy atom. The molecule has 4 heteroatoms. The predicted molar refractivity (Wildman–Crippen MR) is 65.0 cm³/mol. The fourth-order valence-electron chi connectivity index (χ4n) is 1.37. The van der Waals surface area contributed by atoms with Gasteiger partial charge in [0, 0.05) is 16.6 Å². The van der Waals surface area contributed by atoms with E-state index in [2.05, 4.69) is 0 Å². The Hall–Kier alpha value is -0.310. The molecule has 0 aliphatic heterocycles. The molecule has 0 fully saturated rings. The van der Waals surface area contributed by atoms with Gasteiger partial charge in [-0.05, 0) is 18.1 Å². The first kappa shape index (κ1) is 14.7. The highest BCUT2D eigenvalue weighted by molar-refractivity contribution is 6.31. The van der Waals surface area contributed by atoms with Crippen molar-refractivity contribution in [1.29, 1.82) is 0 Å². The van der Waals surface area contributed by atoms with Crippen LogP contribution in [-0.4, -0.2) is 0 Å². The maximum Gasteiger partial charge on any atom is 0.129 e. The topological polar surface area (TPSA) is 26.0 Å². The summed E-state index contributed by atoms with van der Waals surface area (Å²) in [6, 6.07) is 4.32. The van der Waals surface area contributed by atoms with Crippen molar-refractivity contribution >= 4 is 24.0 Å². The molecule has 0 heterocycles. The van der Waals surface area contributed by atoms with E-state index >= 15 is 0 Å². The van der Waals surface area contributed by atoms with Crippen LogP contribution in [0.2, 0.25) is 5.02 Å². The lowest BCUT2D eigenvalue weighted by atomic mass is 9.93. The van der Waals surface area contributed by atoms with E-state index in [1.807, 2.05) is 13.8 Å². The summed E-state index contributed by atoms with van der Waals surface area (Å²) in [5.74, 6) is -0.0882. The molecule has 15 heavy (non-hydrogen) atoms. The Labute approximate surface area is 101 Å². The molecular formula is C11H16Cl2FN. The van der Waals surface area contributed by atoms with Gasteiger partial charge >= 0.3 is 0 Å². The van der Waals surface area contributed by atoms with Crippen molar-refractivity contribution < 1.29 is 4.39 Å². The van der Waals surface area contributed by atoms with Gasteiger partial charge in [-0.2, -0.15) is 0 Å². The Kier molecular flexibility index (Phi) is 6.18. The third kappa shape index (κ3) is 3.33. The minimum absolute atomic E-state index is 0. The molecule has 1 unspecified atom stereocenters. The molecule has 0 radical (unpaired) electrons. The number of benzene rings is 1. The monoisotopic (exact) mass is 251 g/mol. The van der Waals surface area contributed by atoms with E-state index in [0.29, 0.717) is 10.6 Å². The summed E-state index contributed by atoms with van der Waals surface area (Å²) in [7, 11) is 0. The van der Waals surface area contributed by atoms with Crippen molar-refractivity contribution in [3.63, 3.8) is 0 Å². The average Bonchev–Trinajstić information content (AvgIpc) is 2.16. The van der Waals surface area contributed by atoms with E-state index in [1.165, 1.54) is 6.07 Å². The molecule has 1 nitrogen and oxygen atoms in total. The van der Waals surface area contributed by atoms with Crippen LogP contribution >= 0.6 is 24.0 Å². The van der Waals surface area contributed by atoms with Crippen molar-refractivity contribution in [2.45, 2.75) is 26.3 Å². The molecule has 86 valence electrons. The maximum absolute atomic E-state index is 13.4. The summed E-state index contributed by atoms with van der Waals surface area (Å²) >= 11 is 5.91. The molecule has 2 atom stereocenters. The van der Waals surface area contributed by atoms with Gasteiger partial charge in [0.2, 0.25) is 0 Å². The minimum Gasteiger partial charge on any atom is -0.324 e. The highest BCUT2D eigenvalue weighted by Crippen LogP contribution is 2.29. The van der Waals surface area contributed by atoms with Crippen molar-refractivity contribution in [3.05, 3.63) is 34.6 Å². The molecule has 0 saturated carbocycles. The van der Waals surface area contributed by atoms with Gasteiger partial charge in [-0.25, -0.2) is 4.39 Å². The summed E-state index contributed by atoms with van der Waals surface area (Å²) < 4.78 is 13.4. The summed E-state index contributed by atoms with van der Waals surface area (Å²) in [5.41, 5.74) is 6.36. The van der Waals surface area contributed by atoms with Crippen LogP contribution in [0.25, 0.3) is 0 Å². The molecule has 1 rings (SSSR count). The molecule has 1 aromatic rings. The first-order chi connectivity index (χ1) is 6.57. The predicted octanol–water partition coefficient (Wildman–Crippen LogP) is 3.95. The van der Waals surface area contributed by atoms with E-state index in [9.17, 15) is 4.39 Å². The largest absolute Gasteiger partial charge is 0.324 e. The second kappa shape index (κ2) is 6.31. The molecule has 0 bridgehead atoms. The normalized spacial score (nSPS) is 14.2. The SMILES string of the molecule is CCC(C)[C@H](N)c1c(F)cccc1Cl.Cl. The summed E-state index contributed by atoms with van der Waals surface area (Å²) in [6.07, 6.45) is 0.909. The summed E-state index contributed by atoms with van der Waals surface area (Å²) in [6.45, 7) is 4.02. The van der Waals surface area contributed by atoms with Crippen molar-refractivity contribution in [3.8, 4) is 0 Å². The molecule has 1 aromatic carbocycles. The molecule has 0 saturated heterocycles. The zero-order valence-electron chi connectivity index (χ0n) is 8.84. The lowest BCUT2D eigenvalue weighted by Crippen LogP contribution is -2.20. The van der Waals surface area contributed by atoms with Gasteiger partial charge in [-0.1, -0.05) is 37.9 Å². The van der Waals surface area contributed by atoms with Crippen LogP contribution in [-0.2, 0) is 0 Å². The van der Waals surface area contributed by atoms with Gasteiger partial charge < -0.3 is 5.73 Å². The molecule has 2 N–H and O–H groups in total. The second-order valence-electron chi connectivity index (χ2n) is 3.55. The first-order valence-corrected chi connectivity index (χ1v) is 5.15. The molecule has 0 spiro atoms. The van der Waals surface area contributed by atoms with Gasteiger partial charge in [-0.3, -0.25) is 0 Å². The van der Waals surface area contributed by atoms with E-state index in [0.717, 1.165) is 6.42 Å². The average molecular weight is 252 g/mol. The number of hydrogen-bond acceptors (Lipinski definition) is 1. The fourth-order valence-corrected chi connectivity index (χ4v) is 1.66. The van der Waals surface area contributed by atoms with Gasteiger partial charge in [0.25, 0.3) is 0 Å². The standard InChI is InChI=1S/C11H15ClFN.ClH/c1-3-7(2)11(14)10-8(12)5-4-6-9(10)13;/h4-7,11H,3,14H2,1-2H3;1H/t7?,11-;/m0./s1. The fraction of sp³-hybridized carbons (Fsp3) is 0.455. The van der Waals surface area contributed by atoms with Crippen LogP contribution < -0.4 is 5.73 Å². The van der Waals surface area contributed by atoms with Crippen LogP contribution in [0.15, 0.2) is 18.2 Å². The Morgan fingerprint density at radius 3 is 2.53 bits per heavy atom. The van der Waals surface area contributed by atoms with E-state index in [4.69, 9.17) is 17.3 Å². The van der Waals surface area contributed by atoms with Crippen molar-refractivity contribution in [2.75, 3.05) is 0 Å².